The third-order valence-electron chi connectivity index (χ3n) is 1.70. The molecule has 0 unspecified atom stereocenters. The van der Waals surface area contributed by atoms with E-state index in [9.17, 15) is 4.79 Å². The lowest BCUT2D eigenvalue weighted by Gasteiger charge is -1.86. The Hall–Kier alpha value is -0.980. The van der Waals surface area contributed by atoms with Gasteiger partial charge >= 0.3 is 5.97 Å². The van der Waals surface area contributed by atoms with Crippen molar-refractivity contribution in [2.75, 3.05) is 0 Å². The van der Waals surface area contributed by atoms with Crippen molar-refractivity contribution in [2.24, 2.45) is 0 Å². The third-order valence-corrected chi connectivity index (χ3v) is 4.36. The summed E-state index contributed by atoms with van der Waals surface area (Å²) in [5.74, 6) is -0.964. The van der Waals surface area contributed by atoms with Gasteiger partial charge in [0.1, 0.15) is 5.01 Å². The van der Waals surface area contributed by atoms with E-state index in [-0.39, 0.29) is 0 Å². The van der Waals surface area contributed by atoms with Gasteiger partial charge in [-0.05, 0) is 34.1 Å². The average molecular weight is 316 g/mol. The van der Waals surface area contributed by atoms with Crippen molar-refractivity contribution < 1.29 is 9.90 Å². The maximum absolute atomic E-state index is 10.3. The van der Waals surface area contributed by atoms with Crippen LogP contribution in [0.5, 0.6) is 0 Å². The molecule has 0 aromatic carbocycles. The molecule has 0 fully saturated rings. The molecule has 2 aromatic rings. The predicted molar refractivity (Wildman–Crippen MR) is 69.8 cm³/mol. The van der Waals surface area contributed by atoms with Crippen molar-refractivity contribution in [3.8, 4) is 9.88 Å². The molecule has 82 valence electrons. The number of hydrogen-bond acceptors (Lipinski definition) is 4. The van der Waals surface area contributed by atoms with E-state index in [0.29, 0.717) is 5.69 Å². The molecule has 2 aromatic heterocycles. The van der Waals surface area contributed by atoms with Crippen LogP contribution >= 0.6 is 38.6 Å². The third kappa shape index (κ3) is 2.78. The van der Waals surface area contributed by atoms with E-state index in [1.165, 1.54) is 17.4 Å². The maximum atomic E-state index is 10.3. The Bertz CT molecular complexity index is 545. The topological polar surface area (TPSA) is 50.2 Å². The van der Waals surface area contributed by atoms with Crippen molar-refractivity contribution in [1.82, 2.24) is 4.98 Å². The Labute approximate surface area is 108 Å². The first-order valence-electron chi connectivity index (χ1n) is 4.27. The van der Waals surface area contributed by atoms with E-state index in [1.54, 1.807) is 11.3 Å². The molecule has 0 amide bonds. The molecule has 3 nitrogen and oxygen atoms in total. The largest absolute Gasteiger partial charge is 0.478 e. The zero-order chi connectivity index (χ0) is 11.5. The summed E-state index contributed by atoms with van der Waals surface area (Å²) in [6.45, 7) is 0. The summed E-state index contributed by atoms with van der Waals surface area (Å²) in [5.41, 5.74) is 0.673. The van der Waals surface area contributed by atoms with Gasteiger partial charge in [-0.2, -0.15) is 0 Å². The number of carboxylic acids is 1. The summed E-state index contributed by atoms with van der Waals surface area (Å²) >= 11 is 6.49. The lowest BCUT2D eigenvalue weighted by Crippen LogP contribution is -1.85. The van der Waals surface area contributed by atoms with Crippen molar-refractivity contribution >= 4 is 50.6 Å². The molecule has 0 aliphatic rings. The van der Waals surface area contributed by atoms with Crippen LogP contribution in [0.2, 0.25) is 0 Å². The Morgan fingerprint density at radius 1 is 1.50 bits per heavy atom. The Kier molecular flexibility index (Phi) is 3.52. The lowest BCUT2D eigenvalue weighted by atomic mass is 10.4. The molecule has 1 N–H and O–H groups in total. The van der Waals surface area contributed by atoms with Gasteiger partial charge in [0, 0.05) is 11.5 Å². The molecule has 0 radical (unpaired) electrons. The number of carboxylic acid groups (broad SMARTS) is 1. The molecule has 0 saturated heterocycles. The van der Waals surface area contributed by atoms with Crippen LogP contribution in [0.3, 0.4) is 0 Å². The number of nitrogens with zero attached hydrogens (tertiary/aromatic N) is 1. The van der Waals surface area contributed by atoms with E-state index in [0.717, 1.165) is 19.7 Å². The van der Waals surface area contributed by atoms with Gasteiger partial charge in [-0.3, -0.25) is 0 Å². The fourth-order valence-corrected chi connectivity index (χ4v) is 3.31. The van der Waals surface area contributed by atoms with Gasteiger partial charge in [0.25, 0.3) is 0 Å². The predicted octanol–water partition coefficient (Wildman–Crippen LogP) is 3.73. The molecule has 0 aliphatic heterocycles. The number of hydrogen-bond donors (Lipinski definition) is 1. The second-order valence-corrected chi connectivity index (χ2v) is 6.17. The van der Waals surface area contributed by atoms with Crippen molar-refractivity contribution in [3.05, 3.63) is 33.1 Å². The highest BCUT2D eigenvalue weighted by molar-refractivity contribution is 9.11. The van der Waals surface area contributed by atoms with Crippen molar-refractivity contribution in [3.63, 3.8) is 0 Å². The molecule has 2 heterocycles. The fourth-order valence-electron chi connectivity index (χ4n) is 1.06. The Balaban J connectivity index is 2.23. The van der Waals surface area contributed by atoms with Crippen LogP contribution in [0.15, 0.2) is 27.4 Å². The summed E-state index contributed by atoms with van der Waals surface area (Å²) in [4.78, 5) is 15.7. The summed E-state index contributed by atoms with van der Waals surface area (Å²) in [6, 6.07) is 3.95. The molecule has 0 bridgehead atoms. The van der Waals surface area contributed by atoms with Crippen molar-refractivity contribution in [1.29, 1.82) is 0 Å². The fraction of sp³-hybridized carbons (Fsp3) is 0. The highest BCUT2D eigenvalue weighted by atomic mass is 79.9. The van der Waals surface area contributed by atoms with Crippen LogP contribution in [0.25, 0.3) is 16.0 Å². The number of aliphatic carboxylic acids is 1. The van der Waals surface area contributed by atoms with E-state index >= 15 is 0 Å². The molecule has 0 spiro atoms. The van der Waals surface area contributed by atoms with Crippen LogP contribution in [-0.4, -0.2) is 16.1 Å². The highest BCUT2D eigenvalue weighted by Crippen LogP contribution is 2.33. The molecule has 0 atom stereocenters. The summed E-state index contributed by atoms with van der Waals surface area (Å²) in [6.07, 6.45) is 2.58. The monoisotopic (exact) mass is 315 g/mol. The number of thiazole rings is 1. The normalized spacial score (nSPS) is 11.1. The zero-order valence-electron chi connectivity index (χ0n) is 7.88. The minimum atomic E-state index is -0.964. The van der Waals surface area contributed by atoms with Gasteiger partial charge in [0.2, 0.25) is 0 Å². The second kappa shape index (κ2) is 4.90. The second-order valence-electron chi connectivity index (χ2n) is 2.85. The Morgan fingerprint density at radius 3 is 2.94 bits per heavy atom. The molecule has 6 heteroatoms. The van der Waals surface area contributed by atoms with E-state index in [1.807, 2.05) is 17.5 Å². The minimum Gasteiger partial charge on any atom is -0.478 e. The van der Waals surface area contributed by atoms with Gasteiger partial charge in [-0.25, -0.2) is 9.78 Å². The summed E-state index contributed by atoms with van der Waals surface area (Å²) in [5, 5.41) is 11.2. The number of thiophene rings is 1. The zero-order valence-corrected chi connectivity index (χ0v) is 11.1. The lowest BCUT2D eigenvalue weighted by molar-refractivity contribution is -0.131. The number of halogens is 1. The first-order valence-corrected chi connectivity index (χ1v) is 6.76. The van der Waals surface area contributed by atoms with E-state index in [4.69, 9.17) is 5.11 Å². The van der Waals surface area contributed by atoms with E-state index in [2.05, 4.69) is 20.9 Å². The molecular weight excluding hydrogens is 310 g/mol. The highest BCUT2D eigenvalue weighted by Gasteiger charge is 2.05. The SMILES string of the molecule is O=C(O)/C=C/c1csc(-c2ccc(Br)s2)n1. The van der Waals surface area contributed by atoms with Gasteiger partial charge in [0.05, 0.1) is 14.4 Å². The van der Waals surface area contributed by atoms with Gasteiger partial charge < -0.3 is 5.11 Å². The van der Waals surface area contributed by atoms with Crippen LogP contribution in [0.1, 0.15) is 5.69 Å². The average Bonchev–Trinajstić information content (AvgIpc) is 2.83. The van der Waals surface area contributed by atoms with Gasteiger partial charge in [0.15, 0.2) is 0 Å². The van der Waals surface area contributed by atoms with Crippen LogP contribution in [-0.2, 0) is 4.79 Å². The van der Waals surface area contributed by atoms with Crippen molar-refractivity contribution in [2.45, 2.75) is 0 Å². The Morgan fingerprint density at radius 2 is 2.31 bits per heavy atom. The minimum absolute atomic E-state index is 0.673. The molecule has 0 saturated carbocycles. The van der Waals surface area contributed by atoms with Gasteiger partial charge in [-0.15, -0.1) is 22.7 Å². The molecule has 2 rings (SSSR count). The standard InChI is InChI=1S/C10H6BrNO2S2/c11-8-3-2-7(16-8)10-12-6(5-15-10)1-4-9(13)14/h1-5H,(H,13,14)/b4-1+. The summed E-state index contributed by atoms with van der Waals surface area (Å²) in [7, 11) is 0. The smallest absolute Gasteiger partial charge is 0.328 e. The number of aromatic nitrogens is 1. The van der Waals surface area contributed by atoms with E-state index < -0.39 is 5.97 Å². The van der Waals surface area contributed by atoms with Gasteiger partial charge in [-0.1, -0.05) is 0 Å². The molecule has 16 heavy (non-hydrogen) atoms. The molecule has 0 aliphatic carbocycles. The first-order chi connectivity index (χ1) is 7.65. The van der Waals surface area contributed by atoms with Crippen LogP contribution < -0.4 is 0 Å². The molecular formula is C10H6BrNO2S2. The quantitative estimate of drug-likeness (QED) is 0.878. The summed E-state index contributed by atoms with van der Waals surface area (Å²) < 4.78 is 1.06. The van der Waals surface area contributed by atoms with Crippen LogP contribution in [0, 0.1) is 0 Å². The number of carbonyl (C=O) groups is 1. The first kappa shape index (κ1) is 11.5. The maximum Gasteiger partial charge on any atom is 0.328 e. The number of rotatable bonds is 3. The van der Waals surface area contributed by atoms with Crippen LogP contribution in [0.4, 0.5) is 0 Å².